The number of para-hydroxylation sites is 1. The number of anilines is 1. The molecule has 1 unspecified atom stereocenters. The van der Waals surface area contributed by atoms with Crippen molar-refractivity contribution in [2.45, 2.75) is 18.9 Å². The second-order valence-electron chi connectivity index (χ2n) is 4.22. The largest absolute Gasteiger partial charge is 0.371 e. The molecule has 1 heterocycles. The van der Waals surface area contributed by atoms with Crippen LogP contribution in [0, 0.1) is 0 Å². The van der Waals surface area contributed by atoms with Gasteiger partial charge in [-0.1, -0.05) is 18.2 Å². The standard InChI is InChI=1S/C13H19FN2/c1-15-12-7-10-16(9-4-8-14)13-6-3-2-5-11(12)13/h2-3,5-6,12,15H,4,7-10H2,1H3. The van der Waals surface area contributed by atoms with Crippen LogP contribution in [0.2, 0.25) is 0 Å². The van der Waals surface area contributed by atoms with E-state index in [0.717, 1.165) is 19.5 Å². The number of alkyl halides is 1. The fraction of sp³-hybridized carbons (Fsp3) is 0.538. The van der Waals surface area contributed by atoms with Crippen LogP contribution < -0.4 is 10.2 Å². The lowest BCUT2D eigenvalue weighted by molar-refractivity contribution is 0.458. The topological polar surface area (TPSA) is 15.3 Å². The van der Waals surface area contributed by atoms with E-state index in [9.17, 15) is 4.39 Å². The normalized spacial score (nSPS) is 19.6. The summed E-state index contributed by atoms with van der Waals surface area (Å²) in [6.07, 6.45) is 1.72. The van der Waals surface area contributed by atoms with Crippen LogP contribution in [-0.2, 0) is 0 Å². The van der Waals surface area contributed by atoms with E-state index in [-0.39, 0.29) is 6.67 Å². The van der Waals surface area contributed by atoms with Crippen LogP contribution in [0.1, 0.15) is 24.4 Å². The molecular weight excluding hydrogens is 203 g/mol. The Morgan fingerprint density at radius 3 is 3.00 bits per heavy atom. The summed E-state index contributed by atoms with van der Waals surface area (Å²) in [4.78, 5) is 2.29. The molecule has 1 aromatic carbocycles. The Labute approximate surface area is 96.5 Å². The predicted molar refractivity (Wildman–Crippen MR) is 65.7 cm³/mol. The molecule has 1 atom stereocenters. The van der Waals surface area contributed by atoms with Crippen LogP contribution in [0.4, 0.5) is 10.1 Å². The molecular formula is C13H19FN2. The summed E-state index contributed by atoms with van der Waals surface area (Å²) in [6, 6.07) is 8.87. The van der Waals surface area contributed by atoms with Crippen molar-refractivity contribution in [1.29, 1.82) is 0 Å². The summed E-state index contributed by atoms with van der Waals surface area (Å²) in [5.74, 6) is 0. The van der Waals surface area contributed by atoms with E-state index in [1.54, 1.807) is 0 Å². The van der Waals surface area contributed by atoms with E-state index >= 15 is 0 Å². The smallest absolute Gasteiger partial charge is 0.0911 e. The SMILES string of the molecule is CNC1CCN(CCCF)c2ccccc21. The van der Waals surface area contributed by atoms with Crippen LogP contribution in [0.5, 0.6) is 0 Å². The van der Waals surface area contributed by atoms with Gasteiger partial charge in [0.2, 0.25) is 0 Å². The van der Waals surface area contributed by atoms with Crippen molar-refractivity contribution in [3.63, 3.8) is 0 Å². The van der Waals surface area contributed by atoms with Crippen LogP contribution >= 0.6 is 0 Å². The lowest BCUT2D eigenvalue weighted by Gasteiger charge is -2.35. The minimum absolute atomic E-state index is 0.228. The molecule has 16 heavy (non-hydrogen) atoms. The fourth-order valence-electron chi connectivity index (χ4n) is 2.41. The van der Waals surface area contributed by atoms with E-state index < -0.39 is 0 Å². The summed E-state index contributed by atoms with van der Waals surface area (Å²) in [5.41, 5.74) is 2.61. The molecule has 0 saturated heterocycles. The monoisotopic (exact) mass is 222 g/mol. The number of nitrogens with one attached hydrogen (secondary N) is 1. The molecule has 1 aromatic rings. The lowest BCUT2D eigenvalue weighted by atomic mass is 9.96. The van der Waals surface area contributed by atoms with Gasteiger partial charge in [-0.15, -0.1) is 0 Å². The summed E-state index contributed by atoms with van der Waals surface area (Å²) >= 11 is 0. The molecule has 0 spiro atoms. The second kappa shape index (κ2) is 5.30. The van der Waals surface area contributed by atoms with Gasteiger partial charge in [-0.25, -0.2) is 0 Å². The highest BCUT2D eigenvalue weighted by molar-refractivity contribution is 5.56. The van der Waals surface area contributed by atoms with Crippen LogP contribution in [0.25, 0.3) is 0 Å². The third kappa shape index (κ3) is 2.19. The Hall–Kier alpha value is -1.09. The third-order valence-electron chi connectivity index (χ3n) is 3.25. The first-order valence-electron chi connectivity index (χ1n) is 5.94. The van der Waals surface area contributed by atoms with Gasteiger partial charge in [0.1, 0.15) is 0 Å². The maximum Gasteiger partial charge on any atom is 0.0911 e. The minimum Gasteiger partial charge on any atom is -0.371 e. The minimum atomic E-state index is -0.228. The lowest BCUT2D eigenvalue weighted by Crippen LogP contribution is -2.35. The summed E-state index contributed by atoms with van der Waals surface area (Å²) < 4.78 is 12.2. The van der Waals surface area contributed by atoms with Gasteiger partial charge < -0.3 is 10.2 Å². The quantitative estimate of drug-likeness (QED) is 0.842. The van der Waals surface area contributed by atoms with Crippen molar-refractivity contribution in [1.82, 2.24) is 5.32 Å². The summed E-state index contributed by atoms with van der Waals surface area (Å²) in [6.45, 7) is 1.61. The molecule has 0 amide bonds. The van der Waals surface area contributed by atoms with E-state index in [0.29, 0.717) is 12.5 Å². The zero-order valence-corrected chi connectivity index (χ0v) is 9.75. The number of rotatable bonds is 4. The highest BCUT2D eigenvalue weighted by Gasteiger charge is 2.22. The molecule has 1 N–H and O–H groups in total. The molecule has 0 bridgehead atoms. The first-order chi connectivity index (χ1) is 7.86. The second-order valence-corrected chi connectivity index (χ2v) is 4.22. The number of nitrogens with zero attached hydrogens (tertiary/aromatic N) is 1. The van der Waals surface area contributed by atoms with Crippen molar-refractivity contribution in [2.24, 2.45) is 0 Å². The van der Waals surface area contributed by atoms with Crippen LogP contribution in [0.15, 0.2) is 24.3 Å². The van der Waals surface area contributed by atoms with Crippen molar-refractivity contribution < 1.29 is 4.39 Å². The van der Waals surface area contributed by atoms with E-state index in [1.807, 2.05) is 7.05 Å². The highest BCUT2D eigenvalue weighted by atomic mass is 19.1. The Bertz CT molecular complexity index is 340. The van der Waals surface area contributed by atoms with Crippen molar-refractivity contribution in [3.8, 4) is 0 Å². The Balaban J connectivity index is 2.21. The first kappa shape index (κ1) is 11.4. The molecule has 0 saturated carbocycles. The molecule has 88 valence electrons. The van der Waals surface area contributed by atoms with Crippen molar-refractivity contribution >= 4 is 5.69 Å². The molecule has 1 aliphatic heterocycles. The molecule has 0 aromatic heterocycles. The third-order valence-corrected chi connectivity index (χ3v) is 3.25. The number of halogens is 1. The molecule has 0 fully saturated rings. The summed E-state index contributed by atoms with van der Waals surface area (Å²) in [7, 11) is 2.00. The number of hydrogen-bond acceptors (Lipinski definition) is 2. The van der Waals surface area contributed by atoms with E-state index in [4.69, 9.17) is 0 Å². The number of hydrogen-bond donors (Lipinski definition) is 1. The zero-order valence-electron chi connectivity index (χ0n) is 9.75. The Kier molecular flexibility index (Phi) is 3.78. The van der Waals surface area contributed by atoms with Crippen LogP contribution in [-0.4, -0.2) is 26.8 Å². The van der Waals surface area contributed by atoms with Crippen molar-refractivity contribution in [2.75, 3.05) is 31.7 Å². The van der Waals surface area contributed by atoms with Gasteiger partial charge in [0, 0.05) is 24.8 Å². The van der Waals surface area contributed by atoms with Gasteiger partial charge in [-0.05, 0) is 31.5 Å². The maximum atomic E-state index is 12.2. The van der Waals surface area contributed by atoms with Crippen molar-refractivity contribution in [3.05, 3.63) is 29.8 Å². The summed E-state index contributed by atoms with van der Waals surface area (Å²) in [5, 5.41) is 3.34. The van der Waals surface area contributed by atoms with Gasteiger partial charge in [0.25, 0.3) is 0 Å². The van der Waals surface area contributed by atoms with Gasteiger partial charge >= 0.3 is 0 Å². The molecule has 0 aliphatic carbocycles. The average molecular weight is 222 g/mol. The molecule has 2 nitrogen and oxygen atoms in total. The Morgan fingerprint density at radius 1 is 1.44 bits per heavy atom. The number of benzene rings is 1. The van der Waals surface area contributed by atoms with E-state index in [2.05, 4.69) is 34.5 Å². The van der Waals surface area contributed by atoms with Gasteiger partial charge in [-0.3, -0.25) is 4.39 Å². The Morgan fingerprint density at radius 2 is 2.25 bits per heavy atom. The highest BCUT2D eigenvalue weighted by Crippen LogP contribution is 2.33. The zero-order chi connectivity index (χ0) is 11.4. The first-order valence-corrected chi connectivity index (χ1v) is 5.94. The van der Waals surface area contributed by atoms with Gasteiger partial charge in [0.05, 0.1) is 6.67 Å². The number of fused-ring (bicyclic) bond motifs is 1. The maximum absolute atomic E-state index is 12.2. The predicted octanol–water partition coefficient (Wildman–Crippen LogP) is 2.52. The van der Waals surface area contributed by atoms with Gasteiger partial charge in [0.15, 0.2) is 0 Å². The van der Waals surface area contributed by atoms with E-state index in [1.165, 1.54) is 11.3 Å². The van der Waals surface area contributed by atoms with Gasteiger partial charge in [-0.2, -0.15) is 0 Å². The molecule has 3 heteroatoms. The fourth-order valence-corrected chi connectivity index (χ4v) is 2.41. The van der Waals surface area contributed by atoms with Crippen LogP contribution in [0.3, 0.4) is 0 Å². The molecule has 1 aliphatic rings. The average Bonchev–Trinajstić information content (AvgIpc) is 2.36. The molecule has 2 rings (SSSR count). The molecule has 0 radical (unpaired) electrons.